The van der Waals surface area contributed by atoms with Crippen molar-refractivity contribution < 1.29 is 22.7 Å². The van der Waals surface area contributed by atoms with E-state index in [1.807, 2.05) is 19.0 Å². The quantitative estimate of drug-likeness (QED) is 0.474. The standard InChI is InChI=1S/C14H29N3O5S/c1-15(2)5-4-14(18)16-6-8-17(9-7-16)23(19,20)13-12-22-11-10-21-3/h4-13H2,1-3H3. The van der Waals surface area contributed by atoms with Crippen LogP contribution in [-0.4, -0.2) is 108 Å². The Morgan fingerprint density at radius 3 is 2.30 bits per heavy atom. The van der Waals surface area contributed by atoms with E-state index in [1.54, 1.807) is 12.0 Å². The van der Waals surface area contributed by atoms with Gasteiger partial charge < -0.3 is 19.3 Å². The number of rotatable bonds is 10. The molecule has 0 radical (unpaired) electrons. The Hall–Kier alpha value is -0.740. The molecule has 0 atom stereocenters. The molecule has 1 rings (SSSR count). The summed E-state index contributed by atoms with van der Waals surface area (Å²) in [5, 5.41) is 0. The highest BCUT2D eigenvalue weighted by molar-refractivity contribution is 7.89. The Morgan fingerprint density at radius 1 is 1.09 bits per heavy atom. The van der Waals surface area contributed by atoms with Crippen LogP contribution >= 0.6 is 0 Å². The average Bonchev–Trinajstić information content (AvgIpc) is 2.52. The van der Waals surface area contributed by atoms with Gasteiger partial charge in [-0.2, -0.15) is 4.31 Å². The average molecular weight is 351 g/mol. The van der Waals surface area contributed by atoms with E-state index in [0.29, 0.717) is 52.4 Å². The zero-order valence-electron chi connectivity index (χ0n) is 14.4. The second-order valence-corrected chi connectivity index (χ2v) is 7.84. The van der Waals surface area contributed by atoms with Crippen molar-refractivity contribution in [3.05, 3.63) is 0 Å². The highest BCUT2D eigenvalue weighted by Gasteiger charge is 2.28. The van der Waals surface area contributed by atoms with E-state index in [0.717, 1.165) is 0 Å². The Kier molecular flexibility index (Phi) is 9.00. The van der Waals surface area contributed by atoms with Gasteiger partial charge in [0.1, 0.15) is 0 Å². The Bertz CT molecular complexity index is 447. The van der Waals surface area contributed by atoms with E-state index in [1.165, 1.54) is 4.31 Å². The smallest absolute Gasteiger partial charge is 0.223 e. The zero-order chi connectivity index (χ0) is 17.3. The number of sulfonamides is 1. The lowest BCUT2D eigenvalue weighted by molar-refractivity contribution is -0.132. The third-order valence-corrected chi connectivity index (χ3v) is 5.51. The number of carbonyl (C=O) groups is 1. The number of carbonyl (C=O) groups excluding carboxylic acids is 1. The van der Waals surface area contributed by atoms with E-state index in [9.17, 15) is 13.2 Å². The van der Waals surface area contributed by atoms with Gasteiger partial charge in [-0.25, -0.2) is 8.42 Å². The van der Waals surface area contributed by atoms with Gasteiger partial charge in [0.25, 0.3) is 0 Å². The summed E-state index contributed by atoms with van der Waals surface area (Å²) >= 11 is 0. The van der Waals surface area contributed by atoms with E-state index in [-0.39, 0.29) is 18.3 Å². The summed E-state index contributed by atoms with van der Waals surface area (Å²) in [7, 11) is 2.09. The van der Waals surface area contributed by atoms with Crippen molar-refractivity contribution in [2.24, 2.45) is 0 Å². The Labute approximate surface area is 139 Å². The van der Waals surface area contributed by atoms with Crippen molar-refractivity contribution in [1.82, 2.24) is 14.1 Å². The first-order valence-electron chi connectivity index (χ1n) is 7.84. The van der Waals surface area contributed by atoms with Crippen LogP contribution in [0, 0.1) is 0 Å². The SMILES string of the molecule is COCCOCCS(=O)(=O)N1CCN(C(=O)CCN(C)C)CC1. The molecule has 1 aliphatic rings. The van der Waals surface area contributed by atoms with Crippen LogP contribution < -0.4 is 0 Å². The molecule has 23 heavy (non-hydrogen) atoms. The van der Waals surface area contributed by atoms with Gasteiger partial charge in [-0.05, 0) is 14.1 Å². The minimum Gasteiger partial charge on any atom is -0.382 e. The summed E-state index contributed by atoms with van der Waals surface area (Å²) < 4.78 is 35.9. The molecule has 1 amide bonds. The molecule has 0 saturated carbocycles. The monoisotopic (exact) mass is 351 g/mol. The molecule has 0 aromatic carbocycles. The molecule has 0 N–H and O–H groups in total. The number of amides is 1. The molecule has 8 nitrogen and oxygen atoms in total. The van der Waals surface area contributed by atoms with Crippen molar-refractivity contribution in [2.75, 3.05) is 79.5 Å². The van der Waals surface area contributed by atoms with E-state index >= 15 is 0 Å². The molecule has 9 heteroatoms. The van der Waals surface area contributed by atoms with E-state index in [2.05, 4.69) is 0 Å². The maximum Gasteiger partial charge on any atom is 0.223 e. The second-order valence-electron chi connectivity index (χ2n) is 5.75. The number of methoxy groups -OCH3 is 1. The molecule has 0 unspecified atom stereocenters. The molecule has 0 aromatic heterocycles. The predicted octanol–water partition coefficient (Wildman–Crippen LogP) is -0.925. The van der Waals surface area contributed by atoms with Crippen molar-refractivity contribution in [2.45, 2.75) is 6.42 Å². The molecule has 136 valence electrons. The van der Waals surface area contributed by atoms with Crippen LogP contribution in [0.1, 0.15) is 6.42 Å². The van der Waals surface area contributed by atoms with Gasteiger partial charge >= 0.3 is 0 Å². The van der Waals surface area contributed by atoms with Gasteiger partial charge in [0.15, 0.2) is 0 Å². The van der Waals surface area contributed by atoms with Crippen LogP contribution in [0.4, 0.5) is 0 Å². The summed E-state index contributed by atoms with van der Waals surface area (Å²) in [6, 6.07) is 0. The molecule has 1 fully saturated rings. The van der Waals surface area contributed by atoms with Crippen LogP contribution in [0.3, 0.4) is 0 Å². The first-order valence-corrected chi connectivity index (χ1v) is 9.44. The molecular weight excluding hydrogens is 322 g/mol. The highest BCUT2D eigenvalue weighted by atomic mass is 32.2. The van der Waals surface area contributed by atoms with Crippen LogP contribution in [0.15, 0.2) is 0 Å². The molecular formula is C14H29N3O5S. The van der Waals surface area contributed by atoms with Gasteiger partial charge in [-0.1, -0.05) is 0 Å². The minimum atomic E-state index is -3.32. The number of ether oxygens (including phenoxy) is 2. The Balaban J connectivity index is 2.32. The topological polar surface area (TPSA) is 79.4 Å². The lowest BCUT2D eigenvalue weighted by Crippen LogP contribution is -2.51. The fourth-order valence-corrected chi connectivity index (χ4v) is 3.54. The van der Waals surface area contributed by atoms with Gasteiger partial charge in [0, 0.05) is 46.3 Å². The normalized spacial score (nSPS) is 17.0. The molecule has 1 aliphatic heterocycles. The lowest BCUT2D eigenvalue weighted by Gasteiger charge is -2.34. The number of hydrogen-bond acceptors (Lipinski definition) is 6. The summed E-state index contributed by atoms with van der Waals surface area (Å²) in [4.78, 5) is 15.7. The molecule has 0 spiro atoms. The molecule has 0 aromatic rings. The van der Waals surface area contributed by atoms with Crippen molar-refractivity contribution >= 4 is 15.9 Å². The first kappa shape index (κ1) is 20.3. The van der Waals surface area contributed by atoms with Crippen LogP contribution in [0.2, 0.25) is 0 Å². The second kappa shape index (κ2) is 10.2. The van der Waals surface area contributed by atoms with Gasteiger partial charge in [-0.3, -0.25) is 4.79 Å². The van der Waals surface area contributed by atoms with Crippen molar-refractivity contribution in [3.8, 4) is 0 Å². The van der Waals surface area contributed by atoms with Crippen LogP contribution in [-0.2, 0) is 24.3 Å². The molecule has 1 saturated heterocycles. The fraction of sp³-hybridized carbons (Fsp3) is 0.929. The predicted molar refractivity (Wildman–Crippen MR) is 87.8 cm³/mol. The number of piperazine rings is 1. The first-order chi connectivity index (χ1) is 10.9. The van der Waals surface area contributed by atoms with Gasteiger partial charge in [0.2, 0.25) is 15.9 Å². The Morgan fingerprint density at radius 2 is 1.74 bits per heavy atom. The maximum atomic E-state index is 12.2. The third kappa shape index (κ3) is 7.58. The highest BCUT2D eigenvalue weighted by Crippen LogP contribution is 2.09. The minimum absolute atomic E-state index is 0.0364. The summed E-state index contributed by atoms with van der Waals surface area (Å²) in [5.41, 5.74) is 0. The van der Waals surface area contributed by atoms with Crippen LogP contribution in [0.25, 0.3) is 0 Å². The third-order valence-electron chi connectivity index (χ3n) is 3.68. The van der Waals surface area contributed by atoms with Crippen LogP contribution in [0.5, 0.6) is 0 Å². The molecule has 1 heterocycles. The van der Waals surface area contributed by atoms with E-state index < -0.39 is 10.0 Å². The summed E-state index contributed by atoms with van der Waals surface area (Å²) in [6.45, 7) is 3.33. The maximum absolute atomic E-state index is 12.2. The fourth-order valence-electron chi connectivity index (χ4n) is 2.23. The summed E-state index contributed by atoms with van der Waals surface area (Å²) in [5.74, 6) is 0.0457. The van der Waals surface area contributed by atoms with Crippen molar-refractivity contribution in [3.63, 3.8) is 0 Å². The van der Waals surface area contributed by atoms with E-state index in [4.69, 9.17) is 9.47 Å². The molecule has 0 bridgehead atoms. The number of hydrogen-bond donors (Lipinski definition) is 0. The zero-order valence-corrected chi connectivity index (χ0v) is 15.2. The molecule has 0 aliphatic carbocycles. The summed E-state index contributed by atoms with van der Waals surface area (Å²) in [6.07, 6.45) is 0.465. The lowest BCUT2D eigenvalue weighted by atomic mass is 10.3. The van der Waals surface area contributed by atoms with Gasteiger partial charge in [0.05, 0.1) is 25.6 Å². The number of nitrogens with zero attached hydrogens (tertiary/aromatic N) is 3. The largest absolute Gasteiger partial charge is 0.382 e. The van der Waals surface area contributed by atoms with Gasteiger partial charge in [-0.15, -0.1) is 0 Å². The van der Waals surface area contributed by atoms with Crippen molar-refractivity contribution in [1.29, 1.82) is 0 Å².